The third kappa shape index (κ3) is 12.9. The van der Waals surface area contributed by atoms with Crippen molar-refractivity contribution in [3.8, 4) is 0 Å². The van der Waals surface area contributed by atoms with E-state index >= 15 is 0 Å². The molecular formula is C21H30N4O2. The van der Waals surface area contributed by atoms with Gasteiger partial charge in [-0.3, -0.25) is 9.59 Å². The van der Waals surface area contributed by atoms with E-state index in [1.807, 2.05) is 81.7 Å². The number of imidazole rings is 1. The van der Waals surface area contributed by atoms with Gasteiger partial charge in [-0.15, -0.1) is 0 Å². The number of rotatable bonds is 2. The van der Waals surface area contributed by atoms with Gasteiger partial charge in [0, 0.05) is 7.05 Å². The van der Waals surface area contributed by atoms with E-state index in [2.05, 4.69) is 20.6 Å². The molecule has 1 heterocycles. The van der Waals surface area contributed by atoms with Crippen molar-refractivity contribution < 1.29 is 9.59 Å². The molecule has 3 N–H and O–H groups in total. The van der Waals surface area contributed by atoms with Gasteiger partial charge in [-0.1, -0.05) is 48.5 Å². The van der Waals surface area contributed by atoms with Crippen molar-refractivity contribution in [2.75, 3.05) is 21.1 Å². The second-order valence-electron chi connectivity index (χ2n) is 5.55. The van der Waals surface area contributed by atoms with E-state index in [0.717, 1.165) is 16.9 Å². The van der Waals surface area contributed by atoms with Crippen LogP contribution in [0.3, 0.4) is 0 Å². The topological polar surface area (TPSA) is 86.9 Å². The molecule has 0 spiro atoms. The van der Waals surface area contributed by atoms with E-state index in [4.69, 9.17) is 0 Å². The Bertz CT molecular complexity index is 710. The van der Waals surface area contributed by atoms with Crippen molar-refractivity contribution in [3.05, 3.63) is 66.5 Å². The fraction of sp³-hybridized carbons (Fsp3) is 0.286. The van der Waals surface area contributed by atoms with E-state index in [1.165, 1.54) is 14.0 Å². The van der Waals surface area contributed by atoms with Crippen LogP contribution in [0, 0.1) is 6.92 Å². The van der Waals surface area contributed by atoms with Crippen LogP contribution in [0.5, 0.6) is 0 Å². The number of nitrogens with one attached hydrogen (secondary N) is 3. The molecule has 6 nitrogen and oxygen atoms in total. The molecule has 6 heteroatoms. The molecule has 0 atom stereocenters. The summed E-state index contributed by atoms with van der Waals surface area (Å²) in [5, 5.41) is 5.09. The molecule has 2 aromatic carbocycles. The van der Waals surface area contributed by atoms with Gasteiger partial charge < -0.3 is 15.6 Å². The van der Waals surface area contributed by atoms with Gasteiger partial charge in [-0.2, -0.15) is 0 Å². The average Bonchev–Trinajstić information content (AvgIpc) is 3.04. The lowest BCUT2D eigenvalue weighted by atomic mass is 10.3. The molecule has 1 aromatic heterocycles. The van der Waals surface area contributed by atoms with Crippen LogP contribution in [-0.4, -0.2) is 42.8 Å². The molecule has 0 bridgehead atoms. The lowest BCUT2D eigenvalue weighted by molar-refractivity contribution is -0.126. The molecule has 3 rings (SSSR count). The number of benzene rings is 2. The van der Waals surface area contributed by atoms with Gasteiger partial charge in [0.25, 0.3) is 0 Å². The second kappa shape index (κ2) is 15.3. The summed E-state index contributed by atoms with van der Waals surface area (Å²) in [6, 6.07) is 20.0. The molecule has 0 aliphatic heterocycles. The maximum atomic E-state index is 10.3. The minimum atomic E-state index is -0.225. The van der Waals surface area contributed by atoms with Crippen LogP contribution in [-0.2, 0) is 9.59 Å². The highest BCUT2D eigenvalue weighted by Crippen LogP contribution is 2.08. The summed E-state index contributed by atoms with van der Waals surface area (Å²) < 4.78 is 0. The Morgan fingerprint density at radius 1 is 0.926 bits per heavy atom. The maximum Gasteiger partial charge on any atom is 0.227 e. The Kier molecular flexibility index (Phi) is 13.6. The summed E-state index contributed by atoms with van der Waals surface area (Å²) >= 11 is 0. The summed E-state index contributed by atoms with van der Waals surface area (Å²) in [7, 11) is 5.26. The quantitative estimate of drug-likeness (QED) is 0.605. The van der Waals surface area contributed by atoms with E-state index < -0.39 is 0 Å². The summed E-state index contributed by atoms with van der Waals surface area (Å²) in [5.74, 6) is 0.642. The van der Waals surface area contributed by atoms with Crippen molar-refractivity contribution in [2.45, 2.75) is 20.3 Å². The Balaban J connectivity index is 0.000000360. The molecule has 0 fully saturated rings. The van der Waals surface area contributed by atoms with Gasteiger partial charge in [0.2, 0.25) is 5.91 Å². The Hall–Kier alpha value is -2.99. The molecule has 0 aliphatic carbocycles. The Labute approximate surface area is 161 Å². The first-order valence-corrected chi connectivity index (χ1v) is 8.64. The van der Waals surface area contributed by atoms with E-state index in [9.17, 15) is 9.59 Å². The van der Waals surface area contributed by atoms with E-state index in [0.29, 0.717) is 0 Å². The molecule has 0 radical (unpaired) electrons. The minimum absolute atomic E-state index is 0.00347. The van der Waals surface area contributed by atoms with E-state index in [-0.39, 0.29) is 18.1 Å². The molecule has 27 heavy (non-hydrogen) atoms. The number of Topliss-reactive ketones (excluding diaryl/α,β-unsaturated/α-hetero) is 1. The number of aryl methyl sites for hydroxylation is 1. The van der Waals surface area contributed by atoms with Crippen LogP contribution in [0.25, 0.3) is 11.0 Å². The van der Waals surface area contributed by atoms with Gasteiger partial charge >= 0.3 is 0 Å². The van der Waals surface area contributed by atoms with Gasteiger partial charge in [-0.05, 0) is 40.1 Å². The summed E-state index contributed by atoms with van der Waals surface area (Å²) in [6.45, 7) is 3.34. The number of carbonyl (C=O) groups is 2. The van der Waals surface area contributed by atoms with Crippen LogP contribution in [0.4, 0.5) is 0 Å². The van der Waals surface area contributed by atoms with Crippen molar-refractivity contribution in [1.29, 1.82) is 0 Å². The number of para-hydroxylation sites is 2. The van der Waals surface area contributed by atoms with Gasteiger partial charge in [0.05, 0.1) is 17.5 Å². The standard InChI is InChI=1S/C8H8N2.C6H6.C5H9NO2.C2H7N/c1-6-9-7-4-2-3-5-8(7)10-6;1-2-4-6-5-3-1;1-4(7)3-5(8)6-2;1-3-2/h2-5H,1H3,(H,9,10);1-6H;3H2,1-2H3,(H,6,8);3H,1-2H3. The normalized spacial score (nSPS) is 8.78. The third-order valence-electron chi connectivity index (χ3n) is 2.86. The molecule has 0 aliphatic rings. The summed E-state index contributed by atoms with van der Waals surface area (Å²) in [5.41, 5.74) is 2.15. The van der Waals surface area contributed by atoms with Gasteiger partial charge in [-0.25, -0.2) is 4.98 Å². The number of fused-ring (bicyclic) bond motifs is 1. The highest BCUT2D eigenvalue weighted by atomic mass is 16.2. The largest absolute Gasteiger partial charge is 0.359 e. The number of nitrogens with zero attached hydrogens (tertiary/aromatic N) is 1. The number of amides is 1. The number of ketones is 1. The average molecular weight is 370 g/mol. The zero-order chi connectivity index (χ0) is 20.5. The molecule has 0 saturated carbocycles. The lowest BCUT2D eigenvalue weighted by Gasteiger charge is -1.91. The van der Waals surface area contributed by atoms with Crippen molar-refractivity contribution in [2.24, 2.45) is 0 Å². The SMILES string of the molecule is CNC.CNC(=O)CC(C)=O.Cc1nc2ccccc2[nH]1.c1ccccc1. The zero-order valence-corrected chi connectivity index (χ0v) is 16.7. The van der Waals surface area contributed by atoms with Crippen molar-refractivity contribution >= 4 is 22.7 Å². The molecule has 146 valence electrons. The lowest BCUT2D eigenvalue weighted by Crippen LogP contribution is -2.19. The number of aromatic amines is 1. The predicted molar refractivity (Wildman–Crippen MR) is 112 cm³/mol. The third-order valence-corrected chi connectivity index (χ3v) is 2.86. The van der Waals surface area contributed by atoms with E-state index in [1.54, 1.807) is 0 Å². The fourth-order valence-corrected chi connectivity index (χ4v) is 1.78. The number of H-pyrrole nitrogens is 1. The number of hydrogen-bond donors (Lipinski definition) is 3. The summed E-state index contributed by atoms with van der Waals surface area (Å²) in [4.78, 5) is 27.8. The predicted octanol–water partition coefficient (Wildman–Crippen LogP) is 3.11. The van der Waals surface area contributed by atoms with Crippen LogP contribution < -0.4 is 10.6 Å². The van der Waals surface area contributed by atoms with Crippen LogP contribution >= 0.6 is 0 Å². The molecule has 0 saturated heterocycles. The smallest absolute Gasteiger partial charge is 0.227 e. The number of carbonyl (C=O) groups excluding carboxylic acids is 2. The fourth-order valence-electron chi connectivity index (χ4n) is 1.78. The summed E-state index contributed by atoms with van der Waals surface area (Å²) in [6.07, 6.45) is -0.00347. The second-order valence-corrected chi connectivity index (χ2v) is 5.55. The van der Waals surface area contributed by atoms with Crippen LogP contribution in [0.15, 0.2) is 60.7 Å². The van der Waals surface area contributed by atoms with Crippen molar-refractivity contribution in [3.63, 3.8) is 0 Å². The molecular weight excluding hydrogens is 340 g/mol. The van der Waals surface area contributed by atoms with Gasteiger partial charge in [0.1, 0.15) is 11.6 Å². The van der Waals surface area contributed by atoms with Crippen LogP contribution in [0.1, 0.15) is 19.2 Å². The Morgan fingerprint density at radius 2 is 1.41 bits per heavy atom. The number of hydrogen-bond acceptors (Lipinski definition) is 4. The van der Waals surface area contributed by atoms with Crippen molar-refractivity contribution in [1.82, 2.24) is 20.6 Å². The Morgan fingerprint density at radius 3 is 1.78 bits per heavy atom. The number of aromatic nitrogens is 2. The molecule has 0 unspecified atom stereocenters. The maximum absolute atomic E-state index is 10.3. The highest BCUT2D eigenvalue weighted by Gasteiger charge is 1.99. The highest BCUT2D eigenvalue weighted by molar-refractivity contribution is 5.96. The zero-order valence-electron chi connectivity index (χ0n) is 16.7. The van der Waals surface area contributed by atoms with Crippen LogP contribution in [0.2, 0.25) is 0 Å². The molecule has 3 aromatic rings. The first kappa shape index (κ1) is 24.0. The monoisotopic (exact) mass is 370 g/mol. The molecule has 1 amide bonds. The van der Waals surface area contributed by atoms with Gasteiger partial charge in [0.15, 0.2) is 0 Å². The first-order chi connectivity index (χ1) is 12.9. The first-order valence-electron chi connectivity index (χ1n) is 8.64. The minimum Gasteiger partial charge on any atom is -0.359 e.